The zero-order chi connectivity index (χ0) is 51.0. The van der Waals surface area contributed by atoms with E-state index in [1.54, 1.807) is 41.3 Å². The molecule has 0 saturated heterocycles. The minimum absolute atomic E-state index is 0.0203. The Labute approximate surface area is 416 Å². The number of methoxy groups -OCH3 is 2. The number of ether oxygens (including phenoxy) is 2. The average molecular weight is 1050 g/mol. The fourth-order valence-electron chi connectivity index (χ4n) is 7.35. The van der Waals surface area contributed by atoms with Gasteiger partial charge in [0.15, 0.2) is 0 Å². The Kier molecular flexibility index (Phi) is 16.5. The van der Waals surface area contributed by atoms with Gasteiger partial charge in [-0.3, -0.25) is 9.11 Å². The maximum absolute atomic E-state index is 12.1. The van der Waals surface area contributed by atoms with Crippen LogP contribution in [0.3, 0.4) is 0 Å². The molecule has 4 aromatic carbocycles. The van der Waals surface area contributed by atoms with Crippen LogP contribution in [0.4, 0.5) is 62.2 Å². The smallest absolute Gasteiger partial charge is 0.296 e. The summed E-state index contributed by atoms with van der Waals surface area (Å²) in [6.07, 6.45) is 0. The normalized spacial score (nSPS) is 12.1. The second-order valence-electron chi connectivity index (χ2n) is 14.9. The van der Waals surface area contributed by atoms with Gasteiger partial charge in [-0.25, -0.2) is 9.97 Å². The van der Waals surface area contributed by atoms with Crippen molar-refractivity contribution in [1.82, 2.24) is 24.9 Å². The number of hydrogen-bond donors (Lipinski definition) is 6. The third-order valence-electron chi connectivity index (χ3n) is 10.7. The molecular formula is C43H50N14O10S4. The van der Waals surface area contributed by atoms with Gasteiger partial charge in [0, 0.05) is 51.4 Å². The molecule has 7 aromatic rings. The van der Waals surface area contributed by atoms with Crippen molar-refractivity contribution in [2.45, 2.75) is 37.5 Å². The Morgan fingerprint density at radius 2 is 0.986 bits per heavy atom. The van der Waals surface area contributed by atoms with Gasteiger partial charge in [0.2, 0.25) is 28.1 Å². The van der Waals surface area contributed by atoms with Gasteiger partial charge < -0.3 is 45.0 Å². The van der Waals surface area contributed by atoms with Crippen LogP contribution in [0, 0.1) is 0 Å². The summed E-state index contributed by atoms with van der Waals surface area (Å²) in [6, 6.07) is 15.5. The van der Waals surface area contributed by atoms with Gasteiger partial charge in [-0.15, -0.1) is 20.5 Å². The number of azo groups is 2. The number of fused-ring (bicyclic) bond motifs is 2. The van der Waals surface area contributed by atoms with E-state index < -0.39 is 20.2 Å². The molecule has 3 aromatic heterocycles. The van der Waals surface area contributed by atoms with Crippen molar-refractivity contribution in [2.75, 3.05) is 92.0 Å². The maximum Gasteiger partial charge on any atom is 0.296 e. The molecule has 0 atom stereocenters. The lowest BCUT2D eigenvalue weighted by Crippen LogP contribution is -2.31. The molecule has 3 heterocycles. The molecule has 7 rings (SSSR count). The van der Waals surface area contributed by atoms with Crippen molar-refractivity contribution in [3.05, 3.63) is 60.7 Å². The van der Waals surface area contributed by atoms with Gasteiger partial charge in [-0.05, 0) is 64.1 Å². The van der Waals surface area contributed by atoms with Gasteiger partial charge >= 0.3 is 0 Å². The highest BCUT2D eigenvalue weighted by Gasteiger charge is 2.23. The van der Waals surface area contributed by atoms with Crippen LogP contribution in [-0.4, -0.2) is 128 Å². The molecule has 0 bridgehead atoms. The first-order chi connectivity index (χ1) is 34.0. The Morgan fingerprint density at radius 3 is 1.34 bits per heavy atom. The number of rotatable bonds is 23. The first-order valence-corrected chi connectivity index (χ1v) is 26.4. The second-order valence-corrected chi connectivity index (χ2v) is 19.7. The lowest BCUT2D eigenvalue weighted by atomic mass is 10.2. The van der Waals surface area contributed by atoms with E-state index in [4.69, 9.17) is 24.4 Å². The van der Waals surface area contributed by atoms with Crippen LogP contribution in [0.15, 0.2) is 90.9 Å². The molecule has 24 nitrogen and oxygen atoms in total. The monoisotopic (exact) mass is 1050 g/mol. The van der Waals surface area contributed by atoms with Crippen LogP contribution in [0.5, 0.6) is 11.5 Å². The predicted molar refractivity (Wildman–Crippen MR) is 273 cm³/mol. The van der Waals surface area contributed by atoms with Crippen LogP contribution in [0.1, 0.15) is 27.7 Å². The van der Waals surface area contributed by atoms with E-state index in [9.17, 15) is 36.2 Å². The van der Waals surface area contributed by atoms with Crippen LogP contribution < -0.4 is 34.8 Å². The fourth-order valence-corrected chi connectivity index (χ4v) is 11.0. The molecule has 0 unspecified atom stereocenters. The number of aromatic nitrogens is 5. The minimum Gasteiger partial charge on any atom is -0.494 e. The minimum atomic E-state index is -4.56. The Hall–Kier alpha value is -6.79. The van der Waals surface area contributed by atoms with E-state index >= 15 is 0 Å². The molecule has 0 aliphatic rings. The number of nitrogens with one attached hydrogen (secondary N) is 2. The van der Waals surface area contributed by atoms with E-state index in [-0.39, 0.29) is 96.0 Å². The van der Waals surface area contributed by atoms with Gasteiger partial charge in [0.1, 0.15) is 32.7 Å². The molecule has 0 saturated carbocycles. The van der Waals surface area contributed by atoms with E-state index in [0.717, 1.165) is 22.7 Å². The Morgan fingerprint density at radius 1 is 0.577 bits per heavy atom. The van der Waals surface area contributed by atoms with E-state index in [2.05, 4.69) is 50.9 Å². The van der Waals surface area contributed by atoms with Crippen molar-refractivity contribution in [3.63, 3.8) is 0 Å². The zero-order valence-corrected chi connectivity index (χ0v) is 42.4. The van der Waals surface area contributed by atoms with Crippen molar-refractivity contribution < 1.29 is 45.6 Å². The molecule has 0 spiro atoms. The summed E-state index contributed by atoms with van der Waals surface area (Å²) in [6.45, 7) is 9.85. The predicted octanol–water partition coefficient (Wildman–Crippen LogP) is 8.40. The first-order valence-electron chi connectivity index (χ1n) is 21.8. The van der Waals surface area contributed by atoms with Gasteiger partial charge in [-0.1, -0.05) is 34.8 Å². The summed E-state index contributed by atoms with van der Waals surface area (Å²) in [7, 11) is -6.09. The van der Waals surface area contributed by atoms with Crippen molar-refractivity contribution in [2.24, 2.45) is 20.5 Å². The number of hydrogen-bond acceptors (Lipinski definition) is 24. The summed E-state index contributed by atoms with van der Waals surface area (Å²) in [5, 5.41) is 44.6. The molecule has 0 aliphatic heterocycles. The molecule has 0 fully saturated rings. The third kappa shape index (κ3) is 11.9. The standard InChI is InChI=1S/C43H50N14O10S4/c1-7-55(8-2)31-21-27(29(23-33(31)66-5)51-53-42-46-25-13-11-15-35(37(25)68-42)70(60,61)62)44-39-48-40(50-41(49-39)57(17-19-58)18-20-59)45-28-22-32(56(9-3)10-4)34(67-6)24-30(28)52-54-43-47-26-14-12-16-36(38(26)69-43)71(63,64)65/h11-16,21-24,58-59H,7-10,17-20H2,1-6H3,(H,60,61,62)(H,63,64,65)(H2,44,45,48,49,50). The molecule has 6 N–H and O–H groups in total. The molecule has 376 valence electrons. The highest BCUT2D eigenvalue weighted by atomic mass is 32.2. The van der Waals surface area contributed by atoms with Crippen LogP contribution >= 0.6 is 22.7 Å². The number of aliphatic hydroxyl groups excluding tert-OH is 2. The summed E-state index contributed by atoms with van der Waals surface area (Å²) in [5.74, 6) is 0.928. The lowest BCUT2D eigenvalue weighted by Gasteiger charge is -2.25. The molecular weight excluding hydrogens is 1000 g/mol. The van der Waals surface area contributed by atoms with Crippen LogP contribution in [0.2, 0.25) is 0 Å². The molecule has 0 amide bonds. The second kappa shape index (κ2) is 22.5. The van der Waals surface area contributed by atoms with Crippen LogP contribution in [0.25, 0.3) is 20.4 Å². The quantitative estimate of drug-likeness (QED) is 0.0259. The Balaban J connectivity index is 1.37. The summed E-state index contributed by atoms with van der Waals surface area (Å²) in [5.41, 5.74) is 3.08. The zero-order valence-electron chi connectivity index (χ0n) is 39.2. The average Bonchev–Trinajstić information content (AvgIpc) is 3.97. The molecule has 0 radical (unpaired) electrons. The van der Waals surface area contributed by atoms with Crippen LogP contribution in [-0.2, 0) is 20.2 Å². The Bertz CT molecular complexity index is 3120. The van der Waals surface area contributed by atoms with E-state index in [0.29, 0.717) is 60.4 Å². The van der Waals surface area contributed by atoms with Gasteiger partial charge in [-0.2, -0.15) is 31.8 Å². The molecule has 28 heteroatoms. The van der Waals surface area contributed by atoms with E-state index in [1.165, 1.54) is 38.5 Å². The topological polar surface area (TPSA) is 315 Å². The highest BCUT2D eigenvalue weighted by Crippen LogP contribution is 2.44. The molecule has 0 aliphatic carbocycles. The maximum atomic E-state index is 12.1. The van der Waals surface area contributed by atoms with Gasteiger partial charge in [0.05, 0.1) is 70.6 Å². The summed E-state index contributed by atoms with van der Waals surface area (Å²) >= 11 is 1.84. The number of nitrogens with zero attached hydrogens (tertiary/aromatic N) is 12. The van der Waals surface area contributed by atoms with Crippen molar-refractivity contribution in [1.29, 1.82) is 0 Å². The van der Waals surface area contributed by atoms with Crippen molar-refractivity contribution in [3.8, 4) is 11.5 Å². The number of aliphatic hydroxyl groups is 2. The van der Waals surface area contributed by atoms with Gasteiger partial charge in [0.25, 0.3) is 20.2 Å². The SMILES string of the molecule is CCN(CC)c1cc(Nc2nc(Nc3cc(N(CC)CC)c(OC)cc3N=Nc3nc4cccc(S(=O)(=O)O)c4s3)nc(N(CCO)CCO)n2)c(N=Nc2nc3cccc(S(=O)(=O)O)c3s2)cc1OC. The number of anilines is 7. The number of benzene rings is 4. The van der Waals surface area contributed by atoms with Crippen molar-refractivity contribution >= 4 is 126 Å². The summed E-state index contributed by atoms with van der Waals surface area (Å²) in [4.78, 5) is 28.1. The summed E-state index contributed by atoms with van der Waals surface area (Å²) < 4.78 is 80.3. The largest absolute Gasteiger partial charge is 0.494 e. The molecule has 71 heavy (non-hydrogen) atoms. The third-order valence-corrected chi connectivity index (χ3v) is 14.7. The fraction of sp³-hybridized carbons (Fsp3) is 0.326. The first kappa shape index (κ1) is 52.0. The lowest BCUT2D eigenvalue weighted by molar-refractivity contribution is 0.280. The number of thiazole rings is 2. The van der Waals surface area contributed by atoms with E-state index in [1.807, 2.05) is 27.7 Å². The highest BCUT2D eigenvalue weighted by molar-refractivity contribution is 7.86.